The summed E-state index contributed by atoms with van der Waals surface area (Å²) in [4.78, 5) is 23.5. The van der Waals surface area contributed by atoms with Crippen molar-refractivity contribution in [2.24, 2.45) is 5.92 Å². The summed E-state index contributed by atoms with van der Waals surface area (Å²) >= 11 is 0. The number of hydrogen-bond acceptors (Lipinski definition) is 4. The molecule has 1 aliphatic heterocycles. The number of aromatic nitrogens is 2. The summed E-state index contributed by atoms with van der Waals surface area (Å²) < 4.78 is 40.9. The fourth-order valence-electron chi connectivity index (χ4n) is 3.33. The van der Waals surface area contributed by atoms with E-state index < -0.39 is 23.3 Å². The van der Waals surface area contributed by atoms with Crippen molar-refractivity contribution >= 4 is 11.7 Å². The first-order chi connectivity index (χ1) is 12.7. The quantitative estimate of drug-likeness (QED) is 0.850. The number of benzene rings is 1. The zero-order valence-electron chi connectivity index (χ0n) is 14.3. The minimum Gasteiger partial charge on any atom is -0.481 e. The molecule has 1 aromatic carbocycles. The average Bonchev–Trinajstić information content (AvgIpc) is 2.61. The maximum atomic E-state index is 13.6. The third kappa shape index (κ3) is 4.47. The Kier molecular flexibility index (Phi) is 5.20. The van der Waals surface area contributed by atoms with Gasteiger partial charge in [0.2, 0.25) is 0 Å². The topological polar surface area (TPSA) is 86.3 Å². The molecule has 1 fully saturated rings. The standard InChI is InChI=1S/C18H18F3N3O3/c19-18(20,21)13-10-12(14-2-4-16(25)23-22-14)1-3-15(13)24-7-5-11(6-8-24)9-17(26)27/h1-4,10-11H,5-9H2,(H,23,25)(H,26,27). The number of anilines is 1. The second-order valence-electron chi connectivity index (χ2n) is 6.56. The number of H-pyrrole nitrogens is 1. The molecule has 0 unspecified atom stereocenters. The fraction of sp³-hybridized carbons (Fsp3) is 0.389. The Labute approximate surface area is 152 Å². The maximum absolute atomic E-state index is 13.6. The normalized spacial score (nSPS) is 15.7. The van der Waals surface area contributed by atoms with Crippen molar-refractivity contribution in [2.45, 2.75) is 25.4 Å². The van der Waals surface area contributed by atoms with Crippen LogP contribution in [0, 0.1) is 5.92 Å². The third-order valence-electron chi connectivity index (χ3n) is 4.70. The molecule has 0 radical (unpaired) electrons. The Balaban J connectivity index is 1.88. The van der Waals surface area contributed by atoms with Gasteiger partial charge in [-0.05, 0) is 37.0 Å². The van der Waals surface area contributed by atoms with Crippen LogP contribution in [-0.2, 0) is 11.0 Å². The van der Waals surface area contributed by atoms with Crippen LogP contribution in [0.2, 0.25) is 0 Å². The van der Waals surface area contributed by atoms with Crippen molar-refractivity contribution in [1.29, 1.82) is 0 Å². The van der Waals surface area contributed by atoms with Gasteiger partial charge in [-0.15, -0.1) is 0 Å². The van der Waals surface area contributed by atoms with Crippen LogP contribution in [0.3, 0.4) is 0 Å². The summed E-state index contributed by atoms with van der Waals surface area (Å²) in [5.41, 5.74) is -0.639. The summed E-state index contributed by atoms with van der Waals surface area (Å²) in [7, 11) is 0. The molecule has 1 aromatic heterocycles. The van der Waals surface area contributed by atoms with Crippen molar-refractivity contribution < 1.29 is 23.1 Å². The lowest BCUT2D eigenvalue weighted by molar-refractivity contribution is -0.138. The van der Waals surface area contributed by atoms with Crippen LogP contribution in [0.4, 0.5) is 18.9 Å². The molecule has 0 saturated carbocycles. The lowest BCUT2D eigenvalue weighted by Crippen LogP contribution is -2.35. The second-order valence-corrected chi connectivity index (χ2v) is 6.56. The molecule has 3 rings (SSSR count). The van der Waals surface area contributed by atoms with Crippen LogP contribution in [-0.4, -0.2) is 34.4 Å². The van der Waals surface area contributed by atoms with E-state index in [2.05, 4.69) is 10.2 Å². The molecule has 6 nitrogen and oxygen atoms in total. The molecule has 27 heavy (non-hydrogen) atoms. The van der Waals surface area contributed by atoms with E-state index in [1.807, 2.05) is 0 Å². The number of carboxylic acids is 1. The summed E-state index contributed by atoms with van der Waals surface area (Å²) in [6, 6.07) is 6.54. The van der Waals surface area contributed by atoms with Gasteiger partial charge < -0.3 is 10.0 Å². The number of nitrogens with zero attached hydrogens (tertiary/aromatic N) is 2. The van der Waals surface area contributed by atoms with Gasteiger partial charge in [-0.25, -0.2) is 5.10 Å². The van der Waals surface area contributed by atoms with E-state index in [0.717, 1.165) is 6.07 Å². The van der Waals surface area contributed by atoms with Gasteiger partial charge in [-0.1, -0.05) is 6.07 Å². The van der Waals surface area contributed by atoms with Gasteiger partial charge in [0, 0.05) is 36.8 Å². The van der Waals surface area contributed by atoms with Gasteiger partial charge in [0.1, 0.15) is 0 Å². The van der Waals surface area contributed by atoms with Crippen LogP contribution in [0.5, 0.6) is 0 Å². The highest BCUT2D eigenvalue weighted by atomic mass is 19.4. The van der Waals surface area contributed by atoms with E-state index in [4.69, 9.17) is 5.11 Å². The van der Waals surface area contributed by atoms with Crippen molar-refractivity contribution in [2.75, 3.05) is 18.0 Å². The van der Waals surface area contributed by atoms with E-state index in [0.29, 0.717) is 25.9 Å². The lowest BCUT2D eigenvalue weighted by atomic mass is 9.92. The van der Waals surface area contributed by atoms with E-state index in [1.165, 1.54) is 24.3 Å². The number of aromatic amines is 1. The molecule has 2 aromatic rings. The Morgan fingerprint density at radius 1 is 1.22 bits per heavy atom. The first-order valence-corrected chi connectivity index (χ1v) is 8.48. The molecule has 0 amide bonds. The maximum Gasteiger partial charge on any atom is 0.418 e. The number of halogens is 3. The monoisotopic (exact) mass is 381 g/mol. The van der Waals surface area contributed by atoms with Gasteiger partial charge in [0.25, 0.3) is 5.56 Å². The zero-order chi connectivity index (χ0) is 19.6. The highest BCUT2D eigenvalue weighted by Gasteiger charge is 2.36. The molecule has 9 heteroatoms. The second kappa shape index (κ2) is 7.42. The number of rotatable bonds is 4. The molecule has 1 saturated heterocycles. The summed E-state index contributed by atoms with van der Waals surface area (Å²) in [6.45, 7) is 0.745. The van der Waals surface area contributed by atoms with Gasteiger partial charge in [-0.2, -0.15) is 18.3 Å². The molecule has 0 atom stereocenters. The van der Waals surface area contributed by atoms with Gasteiger partial charge in [-0.3, -0.25) is 9.59 Å². The first kappa shape index (κ1) is 18.9. The summed E-state index contributed by atoms with van der Waals surface area (Å²) in [5.74, 6) is -0.903. The summed E-state index contributed by atoms with van der Waals surface area (Å²) in [5, 5.41) is 14.9. The smallest absolute Gasteiger partial charge is 0.418 e. The van der Waals surface area contributed by atoms with E-state index in [-0.39, 0.29) is 29.3 Å². The largest absolute Gasteiger partial charge is 0.481 e. The zero-order valence-corrected chi connectivity index (χ0v) is 14.3. The molecule has 144 valence electrons. The molecule has 0 spiro atoms. The van der Waals surface area contributed by atoms with Crippen molar-refractivity contribution in [3.8, 4) is 11.3 Å². The predicted octanol–water partition coefficient (Wildman–Crippen LogP) is 3.15. The number of aliphatic carboxylic acids is 1. The van der Waals surface area contributed by atoms with Gasteiger partial charge in [0.15, 0.2) is 0 Å². The highest BCUT2D eigenvalue weighted by Crippen LogP contribution is 2.40. The number of carbonyl (C=O) groups is 1. The molecule has 2 N–H and O–H groups in total. The molecule has 0 aliphatic carbocycles. The molecule has 1 aliphatic rings. The number of piperidine rings is 1. The third-order valence-corrected chi connectivity index (χ3v) is 4.70. The van der Waals surface area contributed by atoms with Crippen LogP contribution < -0.4 is 10.5 Å². The van der Waals surface area contributed by atoms with Crippen LogP contribution in [0.1, 0.15) is 24.8 Å². The minimum atomic E-state index is -4.55. The Bertz CT molecular complexity index is 867. The lowest BCUT2D eigenvalue weighted by Gasteiger charge is -2.34. The molecular weight excluding hydrogens is 363 g/mol. The Hall–Kier alpha value is -2.84. The van der Waals surface area contributed by atoms with Crippen LogP contribution >= 0.6 is 0 Å². The van der Waals surface area contributed by atoms with Crippen molar-refractivity contribution in [3.63, 3.8) is 0 Å². The number of hydrogen-bond donors (Lipinski definition) is 2. The number of nitrogens with one attached hydrogen (secondary N) is 1. The Morgan fingerprint density at radius 3 is 2.48 bits per heavy atom. The van der Waals surface area contributed by atoms with E-state index in [1.54, 1.807) is 4.90 Å². The van der Waals surface area contributed by atoms with Gasteiger partial charge in [0.05, 0.1) is 11.3 Å². The Morgan fingerprint density at radius 2 is 1.93 bits per heavy atom. The van der Waals surface area contributed by atoms with Gasteiger partial charge >= 0.3 is 12.1 Å². The van der Waals surface area contributed by atoms with Crippen molar-refractivity contribution in [3.05, 3.63) is 46.2 Å². The SMILES string of the molecule is O=C(O)CC1CCN(c2ccc(-c3ccc(=O)[nH]n3)cc2C(F)(F)F)CC1. The first-order valence-electron chi connectivity index (χ1n) is 8.48. The molecule has 0 bridgehead atoms. The van der Waals surface area contributed by atoms with E-state index >= 15 is 0 Å². The number of alkyl halides is 3. The fourth-order valence-corrected chi connectivity index (χ4v) is 3.33. The van der Waals surface area contributed by atoms with Crippen molar-refractivity contribution in [1.82, 2.24) is 10.2 Å². The summed E-state index contributed by atoms with van der Waals surface area (Å²) in [6.07, 6.45) is -3.44. The predicted molar refractivity (Wildman–Crippen MR) is 92.5 cm³/mol. The van der Waals surface area contributed by atoms with Crippen LogP contribution in [0.15, 0.2) is 35.1 Å². The molecule has 2 heterocycles. The van der Waals surface area contributed by atoms with E-state index in [9.17, 15) is 22.8 Å². The molecular formula is C18H18F3N3O3. The van der Waals surface area contributed by atoms with Crippen LogP contribution in [0.25, 0.3) is 11.3 Å². The average molecular weight is 381 g/mol. The minimum absolute atomic E-state index is 0.0160. The number of carboxylic acid groups (broad SMARTS) is 1. The highest BCUT2D eigenvalue weighted by molar-refractivity contribution is 5.68.